The molecule has 0 heterocycles. The number of hydrogen-bond donors (Lipinski definition) is 2. The second-order valence-electron chi connectivity index (χ2n) is 5.36. The van der Waals surface area contributed by atoms with Crippen molar-refractivity contribution in [2.75, 3.05) is 19.1 Å². The number of rotatable bonds is 9. The summed E-state index contributed by atoms with van der Waals surface area (Å²) in [5, 5.41) is 13.0. The van der Waals surface area contributed by atoms with E-state index in [2.05, 4.69) is 17.5 Å². The van der Waals surface area contributed by atoms with Gasteiger partial charge in [-0.05, 0) is 54.4 Å². The summed E-state index contributed by atoms with van der Waals surface area (Å²) in [7, 11) is 1.61. The van der Waals surface area contributed by atoms with Gasteiger partial charge in [0.2, 0.25) is 0 Å². The average molecular weight is 342 g/mol. The monoisotopic (exact) mass is 342 g/mol. The zero-order valence-electron chi connectivity index (χ0n) is 14.4. The smallest absolute Gasteiger partial charge is 0.335 e. The van der Waals surface area contributed by atoms with Gasteiger partial charge in [0.25, 0.3) is 0 Å². The molecule has 0 aromatic heterocycles. The van der Waals surface area contributed by atoms with Crippen molar-refractivity contribution < 1.29 is 19.4 Å². The van der Waals surface area contributed by atoms with Gasteiger partial charge >= 0.3 is 5.97 Å². The van der Waals surface area contributed by atoms with Crippen LogP contribution in [0.1, 0.15) is 35.7 Å². The lowest BCUT2D eigenvalue weighted by Gasteiger charge is -2.10. The van der Waals surface area contributed by atoms with Crippen LogP contribution in [0.25, 0.3) is 0 Å². The van der Waals surface area contributed by atoms with Crippen LogP contribution in [-0.4, -0.2) is 31.0 Å². The Labute approximate surface area is 147 Å². The van der Waals surface area contributed by atoms with E-state index in [9.17, 15) is 4.79 Å². The third-order valence-electron chi connectivity index (χ3n) is 3.48. The van der Waals surface area contributed by atoms with Gasteiger partial charge in [0.15, 0.2) is 11.5 Å². The minimum Gasteiger partial charge on any atom is -0.493 e. The van der Waals surface area contributed by atoms with Gasteiger partial charge in [-0.3, -0.25) is 5.43 Å². The van der Waals surface area contributed by atoms with E-state index in [4.69, 9.17) is 14.6 Å². The molecular weight excluding hydrogens is 320 g/mol. The standard InChI is InChI=1S/C19H22N2O4/c1-3-4-11-25-18-12-14(5-10-17(18)24-2)13-20-21-16-8-6-15(7-9-16)19(22)23/h5-10,12-13,21H,3-4,11H2,1-2H3,(H,22,23)/b20-13-. The largest absolute Gasteiger partial charge is 0.493 e. The quantitative estimate of drug-likeness (QED) is 0.409. The second kappa shape index (κ2) is 9.32. The summed E-state index contributed by atoms with van der Waals surface area (Å²) in [5.74, 6) is 0.417. The molecule has 2 aromatic carbocycles. The van der Waals surface area contributed by atoms with Gasteiger partial charge in [-0.15, -0.1) is 0 Å². The number of carboxylic acids is 1. The summed E-state index contributed by atoms with van der Waals surface area (Å²) in [5.41, 5.74) is 4.66. The van der Waals surface area contributed by atoms with Crippen molar-refractivity contribution in [3.63, 3.8) is 0 Å². The first-order chi connectivity index (χ1) is 12.1. The Morgan fingerprint density at radius 2 is 1.96 bits per heavy atom. The SMILES string of the molecule is CCCCOc1cc(/C=N\Nc2ccc(C(=O)O)cc2)ccc1OC. The highest BCUT2D eigenvalue weighted by Crippen LogP contribution is 2.27. The van der Waals surface area contributed by atoms with Crippen molar-refractivity contribution in [1.29, 1.82) is 0 Å². The van der Waals surface area contributed by atoms with Crippen LogP contribution in [0, 0.1) is 0 Å². The molecule has 132 valence electrons. The summed E-state index contributed by atoms with van der Waals surface area (Å²) in [6.45, 7) is 2.75. The number of ether oxygens (including phenoxy) is 2. The molecule has 6 nitrogen and oxygen atoms in total. The fraction of sp³-hybridized carbons (Fsp3) is 0.263. The number of anilines is 1. The maximum Gasteiger partial charge on any atom is 0.335 e. The highest BCUT2D eigenvalue weighted by Gasteiger charge is 2.05. The third kappa shape index (κ3) is 5.53. The molecule has 0 bridgehead atoms. The van der Waals surface area contributed by atoms with Gasteiger partial charge in [-0.2, -0.15) is 5.10 Å². The number of carboxylic acid groups (broad SMARTS) is 1. The minimum atomic E-state index is -0.955. The highest BCUT2D eigenvalue weighted by molar-refractivity contribution is 5.88. The number of nitrogens with one attached hydrogen (secondary N) is 1. The first-order valence-electron chi connectivity index (χ1n) is 8.07. The average Bonchev–Trinajstić information content (AvgIpc) is 2.62. The lowest BCUT2D eigenvalue weighted by atomic mass is 10.2. The zero-order valence-corrected chi connectivity index (χ0v) is 14.4. The molecule has 2 aromatic rings. The minimum absolute atomic E-state index is 0.235. The molecule has 0 saturated heterocycles. The highest BCUT2D eigenvalue weighted by atomic mass is 16.5. The van der Waals surface area contributed by atoms with E-state index < -0.39 is 5.97 Å². The Morgan fingerprint density at radius 3 is 2.60 bits per heavy atom. The summed E-state index contributed by atoms with van der Waals surface area (Å²) >= 11 is 0. The lowest BCUT2D eigenvalue weighted by molar-refractivity contribution is 0.0697. The molecule has 0 unspecified atom stereocenters. The van der Waals surface area contributed by atoms with Crippen molar-refractivity contribution in [3.8, 4) is 11.5 Å². The van der Waals surface area contributed by atoms with E-state index in [1.165, 1.54) is 12.1 Å². The number of hydrogen-bond acceptors (Lipinski definition) is 5. The Bertz CT molecular complexity index is 727. The molecular formula is C19H22N2O4. The van der Waals surface area contributed by atoms with E-state index in [1.807, 2.05) is 18.2 Å². The fourth-order valence-corrected chi connectivity index (χ4v) is 2.08. The van der Waals surface area contributed by atoms with Crippen molar-refractivity contribution in [3.05, 3.63) is 53.6 Å². The van der Waals surface area contributed by atoms with Crippen molar-refractivity contribution in [2.45, 2.75) is 19.8 Å². The predicted molar refractivity (Wildman–Crippen MR) is 98.0 cm³/mol. The number of benzene rings is 2. The number of hydrazone groups is 1. The van der Waals surface area contributed by atoms with Crippen molar-refractivity contribution in [2.24, 2.45) is 5.10 Å². The topological polar surface area (TPSA) is 80.2 Å². The summed E-state index contributed by atoms with van der Waals surface area (Å²) in [4.78, 5) is 10.8. The molecule has 2 rings (SSSR count). The molecule has 0 aliphatic carbocycles. The third-order valence-corrected chi connectivity index (χ3v) is 3.48. The molecule has 2 N–H and O–H groups in total. The first-order valence-corrected chi connectivity index (χ1v) is 8.07. The molecule has 0 aliphatic heterocycles. The van der Waals surface area contributed by atoms with Crippen molar-refractivity contribution in [1.82, 2.24) is 0 Å². The zero-order chi connectivity index (χ0) is 18.1. The molecule has 0 saturated carbocycles. The van der Waals surface area contributed by atoms with E-state index >= 15 is 0 Å². The normalized spacial score (nSPS) is 10.6. The molecule has 0 radical (unpaired) electrons. The predicted octanol–water partition coefficient (Wildman–Crippen LogP) is 4.02. The Morgan fingerprint density at radius 1 is 1.20 bits per heavy atom. The summed E-state index contributed by atoms with van der Waals surface area (Å²) in [6.07, 6.45) is 3.71. The van der Waals surface area contributed by atoms with Crippen LogP contribution in [-0.2, 0) is 0 Å². The molecule has 25 heavy (non-hydrogen) atoms. The number of aromatic carboxylic acids is 1. The number of methoxy groups -OCH3 is 1. The first kappa shape index (κ1) is 18.3. The van der Waals surface area contributed by atoms with Gasteiger partial charge in [-0.1, -0.05) is 13.3 Å². The van der Waals surface area contributed by atoms with Gasteiger partial charge < -0.3 is 14.6 Å². The molecule has 6 heteroatoms. The number of carbonyl (C=O) groups is 1. The Hall–Kier alpha value is -3.02. The summed E-state index contributed by atoms with van der Waals surface area (Å²) < 4.78 is 11.0. The van der Waals surface area contributed by atoms with Crippen LogP contribution >= 0.6 is 0 Å². The Kier molecular flexibility index (Phi) is 6.83. The molecule has 0 spiro atoms. The number of nitrogens with zero attached hydrogens (tertiary/aromatic N) is 1. The Balaban J connectivity index is 2.02. The second-order valence-corrected chi connectivity index (χ2v) is 5.36. The van der Waals surface area contributed by atoms with Crippen LogP contribution in [0.3, 0.4) is 0 Å². The molecule has 0 fully saturated rings. The number of unbranched alkanes of at least 4 members (excludes halogenated alkanes) is 1. The van der Waals surface area contributed by atoms with Crippen LogP contribution in [0.4, 0.5) is 5.69 Å². The summed E-state index contributed by atoms with van der Waals surface area (Å²) in [6, 6.07) is 11.9. The van der Waals surface area contributed by atoms with Crippen molar-refractivity contribution >= 4 is 17.9 Å². The lowest BCUT2D eigenvalue weighted by Crippen LogP contribution is -2.00. The van der Waals surface area contributed by atoms with Crippen LogP contribution < -0.4 is 14.9 Å². The van der Waals surface area contributed by atoms with Crippen LogP contribution in [0.2, 0.25) is 0 Å². The van der Waals surface area contributed by atoms with Gasteiger partial charge in [0.05, 0.1) is 31.2 Å². The fourth-order valence-electron chi connectivity index (χ4n) is 2.08. The maximum atomic E-state index is 10.8. The van der Waals surface area contributed by atoms with Gasteiger partial charge in [0.1, 0.15) is 0 Å². The molecule has 0 aliphatic rings. The van der Waals surface area contributed by atoms with Gasteiger partial charge in [-0.25, -0.2) is 4.79 Å². The molecule has 0 atom stereocenters. The van der Waals surface area contributed by atoms with Crippen LogP contribution in [0.15, 0.2) is 47.6 Å². The maximum absolute atomic E-state index is 10.8. The van der Waals surface area contributed by atoms with E-state index in [1.54, 1.807) is 25.5 Å². The van der Waals surface area contributed by atoms with E-state index in [-0.39, 0.29) is 5.56 Å². The van der Waals surface area contributed by atoms with E-state index in [0.29, 0.717) is 23.8 Å². The van der Waals surface area contributed by atoms with E-state index in [0.717, 1.165) is 18.4 Å². The molecule has 0 amide bonds. The van der Waals surface area contributed by atoms with Crippen LogP contribution in [0.5, 0.6) is 11.5 Å². The van der Waals surface area contributed by atoms with Gasteiger partial charge in [0, 0.05) is 0 Å².